The first-order valence-corrected chi connectivity index (χ1v) is 10.4. The van der Waals surface area contributed by atoms with Crippen molar-refractivity contribution in [3.05, 3.63) is 58.1 Å². The minimum atomic E-state index is -0.891. The molecule has 156 valence electrons. The Balaban J connectivity index is 2.22. The summed E-state index contributed by atoms with van der Waals surface area (Å²) in [6.45, 7) is 6.03. The van der Waals surface area contributed by atoms with E-state index < -0.39 is 11.9 Å². The summed E-state index contributed by atoms with van der Waals surface area (Å²) >= 11 is 0. The number of hydrogen-bond acceptors (Lipinski definition) is 5. The highest BCUT2D eigenvalue weighted by Crippen LogP contribution is 2.33. The second-order valence-corrected chi connectivity index (χ2v) is 7.18. The number of anilines is 1. The van der Waals surface area contributed by atoms with E-state index in [1.54, 1.807) is 18.2 Å². The smallest absolute Gasteiger partial charge is 0.349 e. The van der Waals surface area contributed by atoms with Gasteiger partial charge in [0, 0.05) is 0 Å². The first-order chi connectivity index (χ1) is 13.9. The molecule has 0 fully saturated rings. The van der Waals surface area contributed by atoms with E-state index in [-0.39, 0.29) is 17.0 Å². The molecule has 0 atom stereocenters. The average molecular weight is 398 g/mol. The SMILES string of the molecule is CCCCCCc1ccccc1C(=O)OC(=O)c1cc(CC)c(CC)c(N)c1O. The maximum absolute atomic E-state index is 12.7. The number of carbonyl (C=O) groups is 2. The van der Waals surface area contributed by atoms with Gasteiger partial charge in [-0.05, 0) is 54.5 Å². The number of carbonyl (C=O) groups excluding carboxylic acids is 2. The Bertz CT molecular complexity index is 873. The van der Waals surface area contributed by atoms with E-state index in [1.807, 2.05) is 26.0 Å². The highest BCUT2D eigenvalue weighted by Gasteiger charge is 2.23. The lowest BCUT2D eigenvalue weighted by molar-refractivity contribution is 0.0395. The molecule has 0 radical (unpaired) electrons. The second kappa shape index (κ2) is 10.6. The van der Waals surface area contributed by atoms with Gasteiger partial charge in [-0.3, -0.25) is 0 Å². The fraction of sp³-hybridized carbons (Fsp3) is 0.417. The molecule has 0 saturated heterocycles. The minimum Gasteiger partial charge on any atom is -0.505 e. The molecule has 0 spiro atoms. The molecule has 0 aromatic heterocycles. The van der Waals surface area contributed by atoms with Gasteiger partial charge in [0.05, 0.1) is 11.3 Å². The molecule has 29 heavy (non-hydrogen) atoms. The first kappa shape index (κ1) is 22.5. The number of rotatable bonds is 9. The molecule has 0 heterocycles. The summed E-state index contributed by atoms with van der Waals surface area (Å²) in [5.41, 5.74) is 9.01. The minimum absolute atomic E-state index is 0.0784. The van der Waals surface area contributed by atoms with Gasteiger partial charge in [0.1, 0.15) is 5.56 Å². The van der Waals surface area contributed by atoms with Crippen molar-refractivity contribution in [3.63, 3.8) is 0 Å². The Kier molecular flexibility index (Phi) is 8.25. The molecule has 2 aromatic rings. The maximum Gasteiger partial charge on any atom is 0.349 e. The standard InChI is InChI=1S/C24H31NO4/c1-4-7-8-9-12-17-13-10-11-14-19(17)23(27)29-24(28)20-15-16(5-2)18(6-3)21(25)22(20)26/h10-11,13-15,26H,4-9,12,25H2,1-3H3. The molecule has 0 amide bonds. The fourth-order valence-corrected chi connectivity index (χ4v) is 3.55. The predicted molar refractivity (Wildman–Crippen MR) is 115 cm³/mol. The molecule has 3 N–H and O–H groups in total. The van der Waals surface area contributed by atoms with Crippen molar-refractivity contribution in [2.24, 2.45) is 0 Å². The Morgan fingerprint density at radius 2 is 1.62 bits per heavy atom. The third-order valence-corrected chi connectivity index (χ3v) is 5.22. The maximum atomic E-state index is 12.7. The molecular weight excluding hydrogens is 366 g/mol. The van der Waals surface area contributed by atoms with Crippen LogP contribution in [0, 0.1) is 0 Å². The topological polar surface area (TPSA) is 89.6 Å². The van der Waals surface area contributed by atoms with Crippen LogP contribution in [-0.4, -0.2) is 17.0 Å². The number of ether oxygens (including phenoxy) is 1. The zero-order valence-electron chi connectivity index (χ0n) is 17.6. The number of hydrogen-bond donors (Lipinski definition) is 2. The number of unbranched alkanes of at least 4 members (excludes halogenated alkanes) is 3. The van der Waals surface area contributed by atoms with Crippen LogP contribution >= 0.6 is 0 Å². The molecule has 0 aliphatic heterocycles. The van der Waals surface area contributed by atoms with Gasteiger partial charge in [0.15, 0.2) is 5.75 Å². The molecule has 5 nitrogen and oxygen atoms in total. The third-order valence-electron chi connectivity index (χ3n) is 5.22. The van der Waals surface area contributed by atoms with Crippen LogP contribution in [0.1, 0.15) is 83.9 Å². The predicted octanol–water partition coefficient (Wildman–Crippen LogP) is 5.22. The lowest BCUT2D eigenvalue weighted by Crippen LogP contribution is -2.16. The van der Waals surface area contributed by atoms with Gasteiger partial charge in [-0.25, -0.2) is 9.59 Å². The molecule has 5 heteroatoms. The van der Waals surface area contributed by atoms with Crippen LogP contribution in [0.25, 0.3) is 0 Å². The Morgan fingerprint density at radius 3 is 2.28 bits per heavy atom. The van der Waals surface area contributed by atoms with Crippen molar-refractivity contribution in [1.29, 1.82) is 0 Å². The van der Waals surface area contributed by atoms with Crippen molar-refractivity contribution >= 4 is 17.6 Å². The number of aryl methyl sites for hydroxylation is 2. The van der Waals surface area contributed by atoms with Crippen LogP contribution in [0.5, 0.6) is 5.75 Å². The first-order valence-electron chi connectivity index (χ1n) is 10.4. The lowest BCUT2D eigenvalue weighted by atomic mass is 9.97. The van der Waals surface area contributed by atoms with Crippen LogP contribution in [-0.2, 0) is 24.0 Å². The number of aromatic hydroxyl groups is 1. The second-order valence-electron chi connectivity index (χ2n) is 7.18. The van der Waals surface area contributed by atoms with Crippen LogP contribution in [0.2, 0.25) is 0 Å². The summed E-state index contributed by atoms with van der Waals surface area (Å²) < 4.78 is 5.11. The molecule has 0 saturated carbocycles. The fourth-order valence-electron chi connectivity index (χ4n) is 3.55. The van der Waals surface area contributed by atoms with Crippen molar-refractivity contribution in [3.8, 4) is 5.75 Å². The van der Waals surface area contributed by atoms with Crippen LogP contribution in [0.3, 0.4) is 0 Å². The number of esters is 2. The highest BCUT2D eigenvalue weighted by atomic mass is 16.6. The van der Waals surface area contributed by atoms with E-state index in [0.717, 1.165) is 48.8 Å². The van der Waals surface area contributed by atoms with Crippen LogP contribution in [0.4, 0.5) is 5.69 Å². The van der Waals surface area contributed by atoms with E-state index in [1.165, 1.54) is 0 Å². The van der Waals surface area contributed by atoms with Gasteiger partial charge in [-0.1, -0.05) is 58.2 Å². The van der Waals surface area contributed by atoms with E-state index >= 15 is 0 Å². The summed E-state index contributed by atoms with van der Waals surface area (Å²) in [5, 5.41) is 10.4. The molecule has 2 aromatic carbocycles. The summed E-state index contributed by atoms with van der Waals surface area (Å²) in [7, 11) is 0. The quantitative estimate of drug-likeness (QED) is 0.199. The molecule has 0 bridgehead atoms. The average Bonchev–Trinajstić information content (AvgIpc) is 2.73. The van der Waals surface area contributed by atoms with Gasteiger partial charge in [0.25, 0.3) is 0 Å². The molecular formula is C24H31NO4. The van der Waals surface area contributed by atoms with E-state index in [4.69, 9.17) is 10.5 Å². The Morgan fingerprint density at radius 1 is 0.931 bits per heavy atom. The molecule has 0 aliphatic rings. The van der Waals surface area contributed by atoms with E-state index in [9.17, 15) is 14.7 Å². The Hall–Kier alpha value is -2.82. The summed E-state index contributed by atoms with van der Waals surface area (Å²) in [5.74, 6) is -1.93. The zero-order valence-corrected chi connectivity index (χ0v) is 17.6. The zero-order chi connectivity index (χ0) is 21.4. The number of nitrogen functional groups attached to an aromatic ring is 1. The monoisotopic (exact) mass is 397 g/mol. The highest BCUT2D eigenvalue weighted by molar-refractivity contribution is 6.05. The van der Waals surface area contributed by atoms with Crippen LogP contribution < -0.4 is 5.73 Å². The van der Waals surface area contributed by atoms with Gasteiger partial charge < -0.3 is 15.6 Å². The van der Waals surface area contributed by atoms with Crippen molar-refractivity contribution in [2.75, 3.05) is 5.73 Å². The number of phenolic OH excluding ortho intramolecular Hbond substituents is 1. The number of phenols is 1. The number of nitrogens with two attached hydrogens (primary N) is 1. The summed E-state index contributed by atoms with van der Waals surface area (Å²) in [4.78, 5) is 25.3. The van der Waals surface area contributed by atoms with Gasteiger partial charge in [0.2, 0.25) is 0 Å². The van der Waals surface area contributed by atoms with Crippen LogP contribution in [0.15, 0.2) is 30.3 Å². The molecule has 0 unspecified atom stereocenters. The Labute approximate surface area is 172 Å². The van der Waals surface area contributed by atoms with Crippen molar-refractivity contribution in [2.45, 2.75) is 65.7 Å². The van der Waals surface area contributed by atoms with Gasteiger partial charge >= 0.3 is 11.9 Å². The van der Waals surface area contributed by atoms with Gasteiger partial charge in [-0.2, -0.15) is 0 Å². The molecule has 0 aliphatic carbocycles. The lowest BCUT2D eigenvalue weighted by Gasteiger charge is -2.15. The van der Waals surface area contributed by atoms with Crippen molar-refractivity contribution in [1.82, 2.24) is 0 Å². The summed E-state index contributed by atoms with van der Waals surface area (Å²) in [6.07, 6.45) is 6.41. The van der Waals surface area contributed by atoms with E-state index in [0.29, 0.717) is 18.4 Å². The number of benzene rings is 2. The molecule has 2 rings (SSSR count). The summed E-state index contributed by atoms with van der Waals surface area (Å²) in [6, 6.07) is 8.73. The third kappa shape index (κ3) is 5.37. The van der Waals surface area contributed by atoms with Gasteiger partial charge in [-0.15, -0.1) is 0 Å². The van der Waals surface area contributed by atoms with E-state index in [2.05, 4.69) is 6.92 Å². The van der Waals surface area contributed by atoms with Crippen molar-refractivity contribution < 1.29 is 19.4 Å². The normalized spacial score (nSPS) is 10.7. The largest absolute Gasteiger partial charge is 0.505 e.